The summed E-state index contributed by atoms with van der Waals surface area (Å²) < 4.78 is 70.8. The zero-order valence-electron chi connectivity index (χ0n) is 14.9. The maximum atomic E-state index is 12.8. The molecular weight excluding hydrogens is 425 g/mol. The van der Waals surface area contributed by atoms with E-state index < -0.39 is 27.7 Å². The van der Waals surface area contributed by atoms with Crippen LogP contribution in [0.4, 0.5) is 18.9 Å². The summed E-state index contributed by atoms with van der Waals surface area (Å²) in [6, 6.07) is 11.7. The smallest absolute Gasteiger partial charge is 0.416 e. The molecule has 11 heteroatoms. The summed E-state index contributed by atoms with van der Waals surface area (Å²) in [5.41, 5.74) is -1.05. The molecule has 3 aromatic rings. The molecule has 1 heterocycles. The molecule has 0 amide bonds. The van der Waals surface area contributed by atoms with Crippen LogP contribution in [0.3, 0.4) is 0 Å². The van der Waals surface area contributed by atoms with Crippen molar-refractivity contribution in [2.45, 2.75) is 11.1 Å². The number of ether oxygens (including phenoxy) is 1. The fourth-order valence-corrected chi connectivity index (χ4v) is 3.40. The van der Waals surface area contributed by atoms with Gasteiger partial charge in [0.2, 0.25) is 0 Å². The highest BCUT2D eigenvalue weighted by atomic mass is 32.2. The number of halogens is 3. The van der Waals surface area contributed by atoms with E-state index in [1.165, 1.54) is 42.5 Å². The Morgan fingerprint density at radius 3 is 2.27 bits per heavy atom. The Balaban J connectivity index is 1.74. The van der Waals surface area contributed by atoms with Crippen molar-refractivity contribution in [3.05, 3.63) is 78.1 Å². The molecule has 3 rings (SSSR count). The van der Waals surface area contributed by atoms with Crippen molar-refractivity contribution in [3.63, 3.8) is 0 Å². The third-order valence-corrected chi connectivity index (χ3v) is 5.16. The van der Waals surface area contributed by atoms with Gasteiger partial charge in [0.15, 0.2) is 0 Å². The number of hydrogen-bond donors (Lipinski definition) is 2. The number of sulfonamides is 1. The van der Waals surface area contributed by atoms with Gasteiger partial charge in [-0.3, -0.25) is 4.72 Å². The van der Waals surface area contributed by atoms with Crippen LogP contribution in [-0.4, -0.2) is 24.5 Å². The van der Waals surface area contributed by atoms with Gasteiger partial charge in [0.05, 0.1) is 22.3 Å². The Hall–Kier alpha value is -3.60. The minimum atomic E-state index is -4.51. The summed E-state index contributed by atoms with van der Waals surface area (Å²) in [5.74, 6) is -1.16. The number of aromatic carboxylic acids is 1. The Kier molecular flexibility index (Phi) is 5.65. The van der Waals surface area contributed by atoms with Gasteiger partial charge in [0, 0.05) is 0 Å². The quantitative estimate of drug-likeness (QED) is 0.591. The Morgan fingerprint density at radius 2 is 1.70 bits per heavy atom. The SMILES string of the molecule is O=C(O)c1ccc(NS(=O)(=O)c2ccc(Oc3cccc(C(F)(F)F)c3)cc2)cn1. The maximum Gasteiger partial charge on any atom is 0.416 e. The summed E-state index contributed by atoms with van der Waals surface area (Å²) in [5, 5.41) is 8.80. The first-order valence-electron chi connectivity index (χ1n) is 8.22. The highest BCUT2D eigenvalue weighted by Gasteiger charge is 2.30. The second-order valence-electron chi connectivity index (χ2n) is 5.94. The van der Waals surface area contributed by atoms with Crippen molar-refractivity contribution in [1.29, 1.82) is 0 Å². The fraction of sp³-hybridized carbons (Fsp3) is 0.0526. The molecule has 0 radical (unpaired) electrons. The summed E-state index contributed by atoms with van der Waals surface area (Å²) >= 11 is 0. The topological polar surface area (TPSA) is 106 Å². The summed E-state index contributed by atoms with van der Waals surface area (Å²) in [6.45, 7) is 0. The molecule has 0 aliphatic rings. The Bertz CT molecular complexity index is 1160. The van der Waals surface area contributed by atoms with Crippen LogP contribution in [0, 0.1) is 0 Å². The summed E-state index contributed by atoms with van der Waals surface area (Å²) in [6.07, 6.45) is -3.45. The lowest BCUT2D eigenvalue weighted by Crippen LogP contribution is -2.13. The number of pyridine rings is 1. The molecule has 0 saturated heterocycles. The number of benzene rings is 2. The second-order valence-corrected chi connectivity index (χ2v) is 7.62. The van der Waals surface area contributed by atoms with Crippen molar-refractivity contribution in [1.82, 2.24) is 4.98 Å². The van der Waals surface area contributed by atoms with E-state index in [2.05, 4.69) is 9.71 Å². The number of carboxylic acid groups (broad SMARTS) is 1. The molecule has 2 N–H and O–H groups in total. The second kappa shape index (κ2) is 8.03. The number of hydrogen-bond acceptors (Lipinski definition) is 5. The Morgan fingerprint density at radius 1 is 1.00 bits per heavy atom. The first kappa shape index (κ1) is 21.1. The molecule has 0 bridgehead atoms. The van der Waals surface area contributed by atoms with Crippen LogP contribution >= 0.6 is 0 Å². The lowest BCUT2D eigenvalue weighted by Gasteiger charge is -2.11. The predicted octanol–water partition coefficient (Wildman–Crippen LogP) is 4.39. The van der Waals surface area contributed by atoms with E-state index in [0.717, 1.165) is 24.4 Å². The van der Waals surface area contributed by atoms with E-state index in [-0.39, 0.29) is 27.8 Å². The molecule has 0 spiro atoms. The molecule has 1 aromatic heterocycles. The highest BCUT2D eigenvalue weighted by molar-refractivity contribution is 7.92. The molecule has 30 heavy (non-hydrogen) atoms. The molecule has 0 unspecified atom stereocenters. The van der Waals surface area contributed by atoms with Crippen molar-refractivity contribution >= 4 is 21.7 Å². The molecule has 0 aliphatic carbocycles. The van der Waals surface area contributed by atoms with Gasteiger partial charge >= 0.3 is 12.1 Å². The standard InChI is InChI=1S/C19H13F3N2O5S/c20-19(21,22)12-2-1-3-15(10-12)29-14-5-7-16(8-6-14)30(27,28)24-13-4-9-17(18(25)26)23-11-13/h1-11,24H,(H,25,26). The van der Waals surface area contributed by atoms with Gasteiger partial charge in [-0.15, -0.1) is 0 Å². The predicted molar refractivity (Wildman–Crippen MR) is 100.0 cm³/mol. The average Bonchev–Trinajstić information content (AvgIpc) is 2.68. The normalized spacial score (nSPS) is 11.7. The van der Waals surface area contributed by atoms with Crippen LogP contribution < -0.4 is 9.46 Å². The van der Waals surface area contributed by atoms with Crippen LogP contribution in [0.25, 0.3) is 0 Å². The third kappa shape index (κ3) is 5.06. The number of carbonyl (C=O) groups is 1. The molecule has 0 atom stereocenters. The zero-order chi connectivity index (χ0) is 21.9. The maximum absolute atomic E-state index is 12.8. The monoisotopic (exact) mass is 438 g/mol. The zero-order valence-corrected chi connectivity index (χ0v) is 15.7. The van der Waals surface area contributed by atoms with Gasteiger partial charge in [-0.1, -0.05) is 6.07 Å². The lowest BCUT2D eigenvalue weighted by molar-refractivity contribution is -0.137. The molecule has 7 nitrogen and oxygen atoms in total. The first-order chi connectivity index (χ1) is 14.0. The van der Waals surface area contributed by atoms with Gasteiger partial charge in [0.25, 0.3) is 10.0 Å². The average molecular weight is 438 g/mol. The number of anilines is 1. The largest absolute Gasteiger partial charge is 0.477 e. The minimum Gasteiger partial charge on any atom is -0.477 e. The van der Waals surface area contributed by atoms with Gasteiger partial charge in [-0.05, 0) is 54.6 Å². The highest BCUT2D eigenvalue weighted by Crippen LogP contribution is 2.33. The summed E-state index contributed by atoms with van der Waals surface area (Å²) in [7, 11) is -4.00. The number of nitrogens with one attached hydrogen (secondary N) is 1. The van der Waals surface area contributed by atoms with Crippen LogP contribution in [0.2, 0.25) is 0 Å². The van der Waals surface area contributed by atoms with Gasteiger partial charge < -0.3 is 9.84 Å². The van der Waals surface area contributed by atoms with Crippen LogP contribution in [-0.2, 0) is 16.2 Å². The Labute approximate surface area is 168 Å². The summed E-state index contributed by atoms with van der Waals surface area (Å²) in [4.78, 5) is 14.3. The van der Waals surface area contributed by atoms with Gasteiger partial charge in [-0.2, -0.15) is 13.2 Å². The molecular formula is C19H13F3N2O5S. The van der Waals surface area contributed by atoms with E-state index >= 15 is 0 Å². The van der Waals surface area contributed by atoms with Gasteiger partial charge in [-0.25, -0.2) is 18.2 Å². The van der Waals surface area contributed by atoms with Crippen LogP contribution in [0.5, 0.6) is 11.5 Å². The van der Waals surface area contributed by atoms with E-state index in [1.54, 1.807) is 0 Å². The third-order valence-electron chi connectivity index (χ3n) is 3.77. The molecule has 0 aliphatic heterocycles. The number of rotatable bonds is 6. The van der Waals surface area contributed by atoms with E-state index in [1.807, 2.05) is 0 Å². The molecule has 0 saturated carbocycles. The number of carboxylic acids is 1. The molecule has 156 valence electrons. The minimum absolute atomic E-state index is 0.0526. The van der Waals surface area contributed by atoms with Crippen LogP contribution in [0.15, 0.2) is 71.8 Å². The number of nitrogens with zero attached hydrogens (tertiary/aromatic N) is 1. The first-order valence-corrected chi connectivity index (χ1v) is 9.70. The van der Waals surface area contributed by atoms with Crippen molar-refractivity contribution < 1.29 is 36.2 Å². The van der Waals surface area contributed by atoms with E-state index in [0.29, 0.717) is 0 Å². The van der Waals surface area contributed by atoms with Crippen molar-refractivity contribution in [2.75, 3.05) is 4.72 Å². The van der Waals surface area contributed by atoms with Crippen molar-refractivity contribution in [2.24, 2.45) is 0 Å². The number of aromatic nitrogens is 1. The number of alkyl halides is 3. The van der Waals surface area contributed by atoms with E-state index in [4.69, 9.17) is 9.84 Å². The molecule has 0 fully saturated rings. The van der Waals surface area contributed by atoms with Crippen molar-refractivity contribution in [3.8, 4) is 11.5 Å². The lowest BCUT2D eigenvalue weighted by atomic mass is 10.2. The van der Waals surface area contributed by atoms with Crippen LogP contribution in [0.1, 0.15) is 16.1 Å². The fourth-order valence-electron chi connectivity index (χ4n) is 2.35. The van der Waals surface area contributed by atoms with Gasteiger partial charge in [0.1, 0.15) is 17.2 Å². The van der Waals surface area contributed by atoms with E-state index in [9.17, 15) is 26.4 Å². The molecule has 2 aromatic carbocycles.